The number of sulfonamides is 1. The minimum Gasteiger partial charge on any atom is -0.490 e. The molecule has 0 aliphatic heterocycles. The monoisotopic (exact) mass is 462 g/mol. The maximum Gasteiger partial charge on any atom is 0.232 e. The second kappa shape index (κ2) is 11.8. The normalized spacial score (nSPS) is 12.2. The Balaban J connectivity index is 1.98. The van der Waals surface area contributed by atoms with Crippen LogP contribution in [-0.4, -0.2) is 40.3 Å². The third-order valence-corrected chi connectivity index (χ3v) is 6.17. The molecular weight excluding hydrogens is 428 g/mol. The Kier molecular flexibility index (Phi) is 9.38. The van der Waals surface area contributed by atoms with Gasteiger partial charge in [-0.3, -0.25) is 9.10 Å². The average molecular weight is 463 g/mol. The number of amides is 1. The predicted molar refractivity (Wildman–Crippen MR) is 128 cm³/mol. The number of ether oxygens (including phenoxy) is 2. The Morgan fingerprint density at radius 1 is 1.06 bits per heavy atom. The van der Waals surface area contributed by atoms with Gasteiger partial charge in [0.25, 0.3) is 0 Å². The van der Waals surface area contributed by atoms with Crippen molar-refractivity contribution in [2.75, 3.05) is 30.3 Å². The van der Waals surface area contributed by atoms with Gasteiger partial charge < -0.3 is 14.8 Å². The van der Waals surface area contributed by atoms with Crippen molar-refractivity contribution in [1.82, 2.24) is 5.32 Å². The van der Waals surface area contributed by atoms with Gasteiger partial charge in [0.2, 0.25) is 15.9 Å². The lowest BCUT2D eigenvalue weighted by Crippen LogP contribution is -2.33. The van der Waals surface area contributed by atoms with Gasteiger partial charge in [0.05, 0.1) is 31.2 Å². The molecule has 8 heteroatoms. The van der Waals surface area contributed by atoms with Crippen LogP contribution in [0.25, 0.3) is 0 Å². The Hall–Kier alpha value is -2.74. The van der Waals surface area contributed by atoms with E-state index in [1.54, 1.807) is 6.07 Å². The first-order valence-electron chi connectivity index (χ1n) is 10.9. The van der Waals surface area contributed by atoms with E-state index in [0.29, 0.717) is 36.8 Å². The molecule has 1 N–H and O–H groups in total. The molecule has 0 aliphatic carbocycles. The maximum absolute atomic E-state index is 12.5. The Bertz CT molecular complexity index is 1010. The fourth-order valence-electron chi connectivity index (χ4n) is 3.43. The van der Waals surface area contributed by atoms with Crippen molar-refractivity contribution >= 4 is 21.6 Å². The highest BCUT2D eigenvalue weighted by Gasteiger charge is 2.19. The van der Waals surface area contributed by atoms with Crippen LogP contribution < -0.4 is 19.1 Å². The van der Waals surface area contributed by atoms with Gasteiger partial charge in [0, 0.05) is 13.0 Å². The van der Waals surface area contributed by atoms with E-state index in [4.69, 9.17) is 9.47 Å². The minimum atomic E-state index is -3.45. The summed E-state index contributed by atoms with van der Waals surface area (Å²) in [6.45, 7) is 8.89. The van der Waals surface area contributed by atoms with Crippen molar-refractivity contribution in [3.8, 4) is 11.5 Å². The largest absolute Gasteiger partial charge is 0.490 e. The molecule has 2 aromatic carbocycles. The number of anilines is 1. The fourth-order valence-corrected chi connectivity index (χ4v) is 4.45. The zero-order chi connectivity index (χ0) is 23.7. The molecule has 1 unspecified atom stereocenters. The number of hydrogen-bond donors (Lipinski definition) is 1. The van der Waals surface area contributed by atoms with Gasteiger partial charge in [-0.1, -0.05) is 24.3 Å². The van der Waals surface area contributed by atoms with E-state index < -0.39 is 10.0 Å². The fraction of sp³-hybridized carbons (Fsp3) is 0.458. The minimum absolute atomic E-state index is 0.137. The summed E-state index contributed by atoms with van der Waals surface area (Å²) < 4.78 is 37.2. The highest BCUT2D eigenvalue weighted by Crippen LogP contribution is 2.31. The smallest absolute Gasteiger partial charge is 0.232 e. The average Bonchev–Trinajstić information content (AvgIpc) is 2.72. The van der Waals surface area contributed by atoms with Crippen LogP contribution in [-0.2, 0) is 14.8 Å². The van der Waals surface area contributed by atoms with Gasteiger partial charge in [-0.05, 0) is 63.4 Å². The lowest BCUT2D eigenvalue weighted by Gasteiger charge is -2.24. The van der Waals surface area contributed by atoms with Gasteiger partial charge in [0.1, 0.15) is 0 Å². The van der Waals surface area contributed by atoms with Gasteiger partial charge in [0.15, 0.2) is 11.5 Å². The Labute approximate surface area is 191 Å². The third kappa shape index (κ3) is 7.15. The second-order valence-corrected chi connectivity index (χ2v) is 9.49. The molecule has 1 amide bonds. The molecular formula is C24H34N2O5S. The highest BCUT2D eigenvalue weighted by atomic mass is 32.2. The van der Waals surface area contributed by atoms with E-state index in [1.807, 2.05) is 64.1 Å². The number of carbonyl (C=O) groups excluding carboxylic acids is 1. The molecule has 0 radical (unpaired) electrons. The van der Waals surface area contributed by atoms with Crippen molar-refractivity contribution in [2.24, 2.45) is 0 Å². The molecule has 1 atom stereocenters. The first kappa shape index (κ1) is 25.5. The van der Waals surface area contributed by atoms with Crippen molar-refractivity contribution in [1.29, 1.82) is 0 Å². The lowest BCUT2D eigenvalue weighted by atomic mass is 10.1. The molecule has 32 heavy (non-hydrogen) atoms. The van der Waals surface area contributed by atoms with Crippen LogP contribution in [0.4, 0.5) is 5.69 Å². The van der Waals surface area contributed by atoms with E-state index in [-0.39, 0.29) is 24.9 Å². The summed E-state index contributed by atoms with van der Waals surface area (Å²) in [5, 5.41) is 2.98. The number of nitrogens with zero attached hydrogens (tertiary/aromatic N) is 1. The van der Waals surface area contributed by atoms with Crippen LogP contribution in [0.1, 0.15) is 50.8 Å². The Morgan fingerprint density at radius 2 is 1.72 bits per heavy atom. The van der Waals surface area contributed by atoms with E-state index in [0.717, 1.165) is 11.1 Å². The molecule has 0 spiro atoms. The number of aryl methyl sites for hydroxylation is 1. The maximum atomic E-state index is 12.5. The summed E-state index contributed by atoms with van der Waals surface area (Å²) in [6.07, 6.45) is 1.81. The molecule has 0 aromatic heterocycles. The summed E-state index contributed by atoms with van der Waals surface area (Å²) in [4.78, 5) is 12.5. The van der Waals surface area contributed by atoms with Crippen LogP contribution in [0.15, 0.2) is 42.5 Å². The summed E-state index contributed by atoms with van der Waals surface area (Å²) in [6, 6.07) is 12.7. The molecule has 0 heterocycles. The molecule has 0 bridgehead atoms. The number of rotatable bonds is 12. The first-order valence-corrected chi connectivity index (χ1v) is 12.7. The molecule has 0 aliphatic rings. The number of para-hydroxylation sites is 1. The topological polar surface area (TPSA) is 84.9 Å². The van der Waals surface area contributed by atoms with E-state index in [9.17, 15) is 13.2 Å². The third-order valence-electron chi connectivity index (χ3n) is 4.99. The van der Waals surface area contributed by atoms with Crippen molar-refractivity contribution in [3.63, 3.8) is 0 Å². The molecule has 0 saturated carbocycles. The quantitative estimate of drug-likeness (QED) is 0.511. The van der Waals surface area contributed by atoms with Crippen molar-refractivity contribution in [2.45, 2.75) is 46.6 Å². The summed E-state index contributed by atoms with van der Waals surface area (Å²) in [5.74, 6) is 1.19. The van der Waals surface area contributed by atoms with E-state index in [1.165, 1.54) is 10.6 Å². The zero-order valence-corrected chi connectivity index (χ0v) is 20.4. The van der Waals surface area contributed by atoms with Crippen molar-refractivity contribution in [3.05, 3.63) is 53.6 Å². The number of carbonyl (C=O) groups is 1. The van der Waals surface area contributed by atoms with Gasteiger partial charge >= 0.3 is 0 Å². The molecule has 7 nitrogen and oxygen atoms in total. The van der Waals surface area contributed by atoms with E-state index >= 15 is 0 Å². The van der Waals surface area contributed by atoms with Gasteiger partial charge in [-0.15, -0.1) is 0 Å². The first-order chi connectivity index (χ1) is 15.2. The molecule has 176 valence electrons. The molecule has 2 aromatic rings. The summed E-state index contributed by atoms with van der Waals surface area (Å²) in [7, 11) is -3.45. The van der Waals surface area contributed by atoms with Crippen molar-refractivity contribution < 1.29 is 22.7 Å². The standard InChI is InChI=1S/C24H34N2O5S/c1-6-30-22-15-14-20(17-23(22)31-7-2)19(4)25-24(27)13-10-16-26(32(5,28)29)21-12-9-8-11-18(21)3/h8-9,11-12,14-15,17,19H,6-7,10,13,16H2,1-5H3,(H,25,27). The van der Waals surface area contributed by atoms with Crippen LogP contribution in [0.5, 0.6) is 11.5 Å². The second-order valence-electron chi connectivity index (χ2n) is 7.59. The number of benzene rings is 2. The van der Waals surface area contributed by atoms with Gasteiger partial charge in [-0.2, -0.15) is 0 Å². The van der Waals surface area contributed by atoms with Gasteiger partial charge in [-0.25, -0.2) is 8.42 Å². The lowest BCUT2D eigenvalue weighted by molar-refractivity contribution is -0.121. The van der Waals surface area contributed by atoms with Crippen LogP contribution in [0.3, 0.4) is 0 Å². The molecule has 2 rings (SSSR count). The molecule has 0 saturated heterocycles. The van der Waals surface area contributed by atoms with E-state index in [2.05, 4.69) is 5.32 Å². The summed E-state index contributed by atoms with van der Waals surface area (Å²) in [5.41, 5.74) is 2.42. The highest BCUT2D eigenvalue weighted by molar-refractivity contribution is 7.92. The number of hydrogen-bond acceptors (Lipinski definition) is 5. The summed E-state index contributed by atoms with van der Waals surface area (Å²) >= 11 is 0. The van der Waals surface area contributed by atoms with Crippen LogP contribution in [0, 0.1) is 6.92 Å². The Morgan fingerprint density at radius 3 is 2.34 bits per heavy atom. The molecule has 0 fully saturated rings. The number of nitrogens with one attached hydrogen (secondary N) is 1. The SMILES string of the molecule is CCOc1ccc(C(C)NC(=O)CCCN(c2ccccc2C)S(C)(=O)=O)cc1OCC. The predicted octanol–water partition coefficient (Wildman–Crippen LogP) is 4.22. The zero-order valence-electron chi connectivity index (χ0n) is 19.6. The van der Waals surface area contributed by atoms with Crippen LogP contribution in [0.2, 0.25) is 0 Å². The van der Waals surface area contributed by atoms with Crippen LogP contribution >= 0.6 is 0 Å².